The van der Waals surface area contributed by atoms with Gasteiger partial charge < -0.3 is 0 Å². The Bertz CT molecular complexity index is 827. The zero-order valence-electron chi connectivity index (χ0n) is 10.2. The van der Waals surface area contributed by atoms with Gasteiger partial charge in [0, 0.05) is 11.6 Å². The molecule has 3 nitrogen and oxygen atoms in total. The number of para-hydroxylation sites is 1. The van der Waals surface area contributed by atoms with Gasteiger partial charge in [-0.05, 0) is 52.0 Å². The second-order valence-corrected chi connectivity index (χ2v) is 5.89. The van der Waals surface area contributed by atoms with Gasteiger partial charge in [-0.3, -0.25) is 0 Å². The molecule has 0 radical (unpaired) electrons. The Kier molecular flexibility index (Phi) is 3.68. The molecule has 0 spiro atoms. The van der Waals surface area contributed by atoms with Gasteiger partial charge in [0.1, 0.15) is 10.1 Å². The maximum Gasteiger partial charge on any atom is 0.116 e. The maximum absolute atomic E-state index is 9.27. The molecule has 0 bridgehead atoms. The van der Waals surface area contributed by atoms with Gasteiger partial charge in [-0.25, -0.2) is 9.97 Å². The molecular weight excluding hydrogens is 334 g/mol. The zero-order chi connectivity index (χ0) is 13.9. The lowest BCUT2D eigenvalue weighted by Gasteiger charge is -2.05. The molecule has 1 aromatic carbocycles. The molecule has 5 heteroatoms. The van der Waals surface area contributed by atoms with Crippen molar-refractivity contribution >= 4 is 38.6 Å². The minimum absolute atomic E-state index is 0.630. The van der Waals surface area contributed by atoms with Crippen molar-refractivity contribution < 1.29 is 0 Å². The predicted molar refractivity (Wildman–Crippen MR) is 82.5 cm³/mol. The lowest BCUT2D eigenvalue weighted by atomic mass is 10.1. The van der Waals surface area contributed by atoms with E-state index in [4.69, 9.17) is 0 Å². The third-order valence-electron chi connectivity index (χ3n) is 2.74. The summed E-state index contributed by atoms with van der Waals surface area (Å²) in [6.07, 6.45) is 1.74. The van der Waals surface area contributed by atoms with Crippen LogP contribution in [0.3, 0.4) is 0 Å². The molecular formula is C15H8BrN3S. The quantitative estimate of drug-likeness (QED) is 0.692. The molecule has 0 atom stereocenters. The van der Waals surface area contributed by atoms with Crippen LogP contribution in [-0.4, -0.2) is 9.97 Å². The van der Waals surface area contributed by atoms with Gasteiger partial charge in [0.15, 0.2) is 0 Å². The standard InChI is InChI=1S/C15H8BrN3S/c16-12-5-3-7-18-15(12)20-14-8-10(9-17)11-4-1-2-6-13(11)19-14/h1-8H. The molecule has 0 N–H and O–H groups in total. The molecule has 0 amide bonds. The van der Waals surface area contributed by atoms with E-state index in [1.54, 1.807) is 12.3 Å². The highest BCUT2D eigenvalue weighted by Crippen LogP contribution is 2.32. The molecule has 2 heterocycles. The number of halogens is 1. The van der Waals surface area contributed by atoms with Crippen molar-refractivity contribution in [3.8, 4) is 6.07 Å². The van der Waals surface area contributed by atoms with Crippen molar-refractivity contribution in [1.82, 2.24) is 9.97 Å². The smallest absolute Gasteiger partial charge is 0.116 e. The van der Waals surface area contributed by atoms with E-state index in [0.29, 0.717) is 5.56 Å². The van der Waals surface area contributed by atoms with Crippen molar-refractivity contribution in [3.05, 3.63) is 58.7 Å². The molecule has 0 aliphatic heterocycles. The summed E-state index contributed by atoms with van der Waals surface area (Å²) in [5, 5.41) is 11.7. The van der Waals surface area contributed by atoms with E-state index in [1.807, 2.05) is 36.4 Å². The summed E-state index contributed by atoms with van der Waals surface area (Å²) in [6.45, 7) is 0. The van der Waals surface area contributed by atoms with Crippen LogP contribution in [0.2, 0.25) is 0 Å². The van der Waals surface area contributed by atoms with E-state index < -0.39 is 0 Å². The Balaban J connectivity index is 2.09. The third-order valence-corrected chi connectivity index (χ3v) is 4.58. The summed E-state index contributed by atoms with van der Waals surface area (Å²) in [5.74, 6) is 0. The fourth-order valence-electron chi connectivity index (χ4n) is 1.84. The van der Waals surface area contributed by atoms with Gasteiger partial charge in [0.25, 0.3) is 0 Å². The lowest BCUT2D eigenvalue weighted by Crippen LogP contribution is -1.89. The highest BCUT2D eigenvalue weighted by Gasteiger charge is 2.09. The van der Waals surface area contributed by atoms with E-state index in [2.05, 4.69) is 32.0 Å². The van der Waals surface area contributed by atoms with E-state index in [0.717, 1.165) is 25.4 Å². The second-order valence-electron chi connectivity index (χ2n) is 4.03. The maximum atomic E-state index is 9.27. The van der Waals surface area contributed by atoms with Gasteiger partial charge >= 0.3 is 0 Å². The molecule has 3 aromatic rings. The minimum Gasteiger partial charge on any atom is -0.248 e. The van der Waals surface area contributed by atoms with E-state index >= 15 is 0 Å². The number of fused-ring (bicyclic) bond motifs is 1. The first-order chi connectivity index (χ1) is 9.78. The number of hydrogen-bond acceptors (Lipinski definition) is 4. The molecule has 0 aliphatic rings. The van der Waals surface area contributed by atoms with Gasteiger partial charge in [-0.2, -0.15) is 5.26 Å². The third kappa shape index (κ3) is 2.53. The molecule has 0 aliphatic carbocycles. The largest absolute Gasteiger partial charge is 0.248 e. The van der Waals surface area contributed by atoms with Crippen LogP contribution in [0, 0.1) is 11.3 Å². The number of hydrogen-bond donors (Lipinski definition) is 0. The van der Waals surface area contributed by atoms with Gasteiger partial charge in [-0.1, -0.05) is 18.2 Å². The first-order valence-electron chi connectivity index (χ1n) is 5.86. The van der Waals surface area contributed by atoms with Crippen LogP contribution in [-0.2, 0) is 0 Å². The molecule has 96 valence electrons. The molecule has 0 saturated heterocycles. The number of pyridine rings is 2. The minimum atomic E-state index is 0.630. The molecule has 3 rings (SSSR count). The zero-order valence-corrected chi connectivity index (χ0v) is 12.6. The number of aromatic nitrogens is 2. The first kappa shape index (κ1) is 13.1. The molecule has 20 heavy (non-hydrogen) atoms. The fraction of sp³-hybridized carbons (Fsp3) is 0. The Morgan fingerprint density at radius 3 is 2.80 bits per heavy atom. The molecule has 0 fully saturated rings. The van der Waals surface area contributed by atoms with Gasteiger partial charge in [0.2, 0.25) is 0 Å². The average Bonchev–Trinajstić information content (AvgIpc) is 2.49. The van der Waals surface area contributed by atoms with Crippen LogP contribution in [0.1, 0.15) is 5.56 Å². The Hall–Kier alpha value is -1.90. The van der Waals surface area contributed by atoms with Crippen LogP contribution in [0.15, 0.2) is 63.2 Å². The van der Waals surface area contributed by atoms with Crippen molar-refractivity contribution in [2.75, 3.05) is 0 Å². The predicted octanol–water partition coefficient (Wildman–Crippen LogP) is 4.42. The summed E-state index contributed by atoms with van der Waals surface area (Å²) in [4.78, 5) is 8.87. The van der Waals surface area contributed by atoms with Crippen molar-refractivity contribution in [2.45, 2.75) is 10.1 Å². The SMILES string of the molecule is N#Cc1cc(Sc2ncccc2Br)nc2ccccc12. The van der Waals surface area contributed by atoms with Gasteiger partial charge in [-0.15, -0.1) is 0 Å². The van der Waals surface area contributed by atoms with Crippen molar-refractivity contribution in [2.24, 2.45) is 0 Å². The molecule has 2 aromatic heterocycles. The summed E-state index contributed by atoms with van der Waals surface area (Å²) < 4.78 is 0.915. The summed E-state index contributed by atoms with van der Waals surface area (Å²) in [6, 6.07) is 15.5. The normalized spacial score (nSPS) is 10.4. The van der Waals surface area contributed by atoms with Gasteiger partial charge in [0.05, 0.1) is 21.6 Å². The number of benzene rings is 1. The average molecular weight is 342 g/mol. The molecule has 0 unspecified atom stereocenters. The number of nitriles is 1. The second kappa shape index (κ2) is 5.61. The highest BCUT2D eigenvalue weighted by atomic mass is 79.9. The van der Waals surface area contributed by atoms with E-state index in [1.165, 1.54) is 11.8 Å². The van der Waals surface area contributed by atoms with Crippen LogP contribution in [0.25, 0.3) is 10.9 Å². The monoisotopic (exact) mass is 341 g/mol. The van der Waals surface area contributed by atoms with Crippen LogP contribution in [0.4, 0.5) is 0 Å². The summed E-state index contributed by atoms with van der Waals surface area (Å²) in [5.41, 5.74) is 1.45. The van der Waals surface area contributed by atoms with Crippen LogP contribution in [0.5, 0.6) is 0 Å². The van der Waals surface area contributed by atoms with Crippen molar-refractivity contribution in [1.29, 1.82) is 5.26 Å². The van der Waals surface area contributed by atoms with Crippen LogP contribution >= 0.6 is 27.7 Å². The Morgan fingerprint density at radius 2 is 2.00 bits per heavy atom. The van der Waals surface area contributed by atoms with Crippen molar-refractivity contribution in [3.63, 3.8) is 0 Å². The summed E-state index contributed by atoms with van der Waals surface area (Å²) >= 11 is 4.90. The number of nitrogens with zero attached hydrogens (tertiary/aromatic N) is 3. The van der Waals surface area contributed by atoms with E-state index in [9.17, 15) is 5.26 Å². The topological polar surface area (TPSA) is 49.6 Å². The van der Waals surface area contributed by atoms with E-state index in [-0.39, 0.29) is 0 Å². The van der Waals surface area contributed by atoms with Crippen LogP contribution < -0.4 is 0 Å². The fourth-order valence-corrected chi connectivity index (χ4v) is 3.14. The number of rotatable bonds is 2. The molecule has 0 saturated carbocycles. The first-order valence-corrected chi connectivity index (χ1v) is 7.47. The summed E-state index contributed by atoms with van der Waals surface area (Å²) in [7, 11) is 0. The Labute approximate surface area is 128 Å². The Morgan fingerprint density at radius 1 is 1.15 bits per heavy atom. The highest BCUT2D eigenvalue weighted by molar-refractivity contribution is 9.10. The lowest BCUT2D eigenvalue weighted by molar-refractivity contribution is 1.09.